The molecule has 21 heavy (non-hydrogen) atoms. The van der Waals surface area contributed by atoms with E-state index in [1.807, 2.05) is 0 Å². The van der Waals surface area contributed by atoms with Crippen LogP contribution in [0.2, 0.25) is 0 Å². The highest BCUT2D eigenvalue weighted by Gasteiger charge is 2.43. The van der Waals surface area contributed by atoms with Gasteiger partial charge in [0.1, 0.15) is 6.17 Å². The summed E-state index contributed by atoms with van der Waals surface area (Å²) in [7, 11) is 0. The molecule has 0 radical (unpaired) electrons. The highest BCUT2D eigenvalue weighted by atomic mass is 32.1. The normalized spacial score (nSPS) is 24.0. The van der Waals surface area contributed by atoms with Crippen LogP contribution in [0.1, 0.15) is 65.1 Å². The predicted octanol–water partition coefficient (Wildman–Crippen LogP) is 4.17. The molecule has 1 N–H and O–H groups in total. The summed E-state index contributed by atoms with van der Waals surface area (Å²) in [5.41, 5.74) is 1.23. The molecule has 4 heteroatoms. The zero-order chi connectivity index (χ0) is 15.4. The summed E-state index contributed by atoms with van der Waals surface area (Å²) >= 11 is 1.70. The van der Waals surface area contributed by atoms with Crippen molar-refractivity contribution in [1.29, 1.82) is 0 Å². The van der Waals surface area contributed by atoms with E-state index in [0.717, 1.165) is 25.7 Å². The Hall–Kier alpha value is -0.870. The number of rotatable bonds is 7. The maximum atomic E-state index is 12.9. The molecule has 3 nitrogen and oxygen atoms in total. The van der Waals surface area contributed by atoms with Gasteiger partial charge in [-0.25, -0.2) is 0 Å². The van der Waals surface area contributed by atoms with Gasteiger partial charge in [-0.3, -0.25) is 10.1 Å². The number of carbonyl (C=O) groups excluding carboxylic acids is 1. The van der Waals surface area contributed by atoms with E-state index >= 15 is 0 Å². The van der Waals surface area contributed by atoms with E-state index in [9.17, 15) is 4.79 Å². The van der Waals surface area contributed by atoms with E-state index in [-0.39, 0.29) is 12.2 Å². The second-order valence-corrected chi connectivity index (χ2v) is 7.07. The van der Waals surface area contributed by atoms with Crippen LogP contribution in [-0.2, 0) is 4.79 Å². The smallest absolute Gasteiger partial charge is 0.241 e. The molecule has 118 valence electrons. The van der Waals surface area contributed by atoms with E-state index in [2.05, 4.69) is 54.7 Å². The van der Waals surface area contributed by atoms with Crippen molar-refractivity contribution in [3.8, 4) is 0 Å². The number of thiophene rings is 1. The Morgan fingerprint density at radius 3 is 2.67 bits per heavy atom. The van der Waals surface area contributed by atoms with Crippen molar-refractivity contribution in [3.05, 3.63) is 22.4 Å². The molecule has 0 saturated carbocycles. The Morgan fingerprint density at radius 2 is 2.14 bits per heavy atom. The second kappa shape index (κ2) is 7.41. The topological polar surface area (TPSA) is 32.3 Å². The van der Waals surface area contributed by atoms with Gasteiger partial charge in [0.25, 0.3) is 0 Å². The third-order valence-corrected chi connectivity index (χ3v) is 5.14. The quantitative estimate of drug-likeness (QED) is 0.820. The summed E-state index contributed by atoms with van der Waals surface area (Å²) in [6.45, 7) is 8.79. The van der Waals surface area contributed by atoms with Gasteiger partial charge < -0.3 is 4.90 Å². The highest BCUT2D eigenvalue weighted by molar-refractivity contribution is 7.07. The van der Waals surface area contributed by atoms with Crippen LogP contribution in [0, 0.1) is 5.92 Å². The number of unbranched alkanes of at least 4 members (excludes halogenated alkanes) is 1. The van der Waals surface area contributed by atoms with Gasteiger partial charge in [-0.1, -0.05) is 40.5 Å². The van der Waals surface area contributed by atoms with E-state index < -0.39 is 0 Å². The van der Waals surface area contributed by atoms with Crippen LogP contribution in [0.5, 0.6) is 0 Å². The Kier molecular flexibility index (Phi) is 5.82. The number of hydrogen-bond donors (Lipinski definition) is 1. The summed E-state index contributed by atoms with van der Waals surface area (Å²) in [6, 6.07) is 2.43. The molecular weight excluding hydrogens is 280 g/mol. The summed E-state index contributed by atoms with van der Waals surface area (Å²) in [6.07, 6.45) is 4.24. The van der Waals surface area contributed by atoms with E-state index in [1.54, 1.807) is 11.3 Å². The Balaban J connectivity index is 2.25. The number of nitrogens with one attached hydrogen (secondary N) is 1. The van der Waals surface area contributed by atoms with Gasteiger partial charge in [0, 0.05) is 6.04 Å². The van der Waals surface area contributed by atoms with Crippen molar-refractivity contribution in [2.24, 2.45) is 5.92 Å². The fraction of sp³-hybridized carbons (Fsp3) is 0.706. The first-order valence-electron chi connectivity index (χ1n) is 8.20. The molecule has 1 saturated heterocycles. The Bertz CT molecular complexity index is 444. The number of amides is 1. The minimum Gasteiger partial charge on any atom is -0.318 e. The maximum absolute atomic E-state index is 12.9. The molecule has 1 aromatic heterocycles. The Labute approximate surface area is 132 Å². The largest absolute Gasteiger partial charge is 0.318 e. The molecule has 3 unspecified atom stereocenters. The van der Waals surface area contributed by atoms with Gasteiger partial charge in [0.15, 0.2) is 0 Å². The highest BCUT2D eigenvalue weighted by Crippen LogP contribution is 2.33. The van der Waals surface area contributed by atoms with Crippen molar-refractivity contribution in [3.63, 3.8) is 0 Å². The number of nitrogens with zero attached hydrogens (tertiary/aromatic N) is 1. The van der Waals surface area contributed by atoms with Gasteiger partial charge >= 0.3 is 0 Å². The van der Waals surface area contributed by atoms with Gasteiger partial charge in [-0.2, -0.15) is 11.3 Å². The summed E-state index contributed by atoms with van der Waals surface area (Å²) in [5.74, 6) is 0.770. The van der Waals surface area contributed by atoms with Crippen molar-refractivity contribution < 1.29 is 4.79 Å². The predicted molar refractivity (Wildman–Crippen MR) is 89.3 cm³/mol. The molecule has 2 heterocycles. The van der Waals surface area contributed by atoms with Crippen molar-refractivity contribution >= 4 is 17.2 Å². The fourth-order valence-corrected chi connectivity index (χ4v) is 3.97. The number of hydrogen-bond acceptors (Lipinski definition) is 3. The molecule has 1 aromatic rings. The van der Waals surface area contributed by atoms with Crippen LogP contribution >= 0.6 is 11.3 Å². The lowest BCUT2D eigenvalue weighted by Crippen LogP contribution is -2.42. The first-order chi connectivity index (χ1) is 10.1. The van der Waals surface area contributed by atoms with E-state index in [1.165, 1.54) is 5.56 Å². The maximum Gasteiger partial charge on any atom is 0.241 e. The van der Waals surface area contributed by atoms with Crippen LogP contribution < -0.4 is 5.32 Å². The minimum atomic E-state index is -0.0114. The molecule has 2 rings (SSSR count). The zero-order valence-electron chi connectivity index (χ0n) is 13.6. The van der Waals surface area contributed by atoms with Crippen LogP contribution in [0.25, 0.3) is 0 Å². The van der Waals surface area contributed by atoms with Gasteiger partial charge in [-0.15, -0.1) is 0 Å². The van der Waals surface area contributed by atoms with E-state index in [4.69, 9.17) is 0 Å². The van der Waals surface area contributed by atoms with Crippen molar-refractivity contribution in [2.45, 2.75) is 71.6 Å². The first-order valence-corrected chi connectivity index (χ1v) is 9.14. The third-order valence-electron chi connectivity index (χ3n) is 4.44. The standard InChI is InChI=1S/C17H28N2OS/c1-5-7-8-14-17(20)19(15(6-2)12(3)4)16(18-14)13-9-10-21-11-13/h9-12,14-16,18H,5-8H2,1-4H3. The fourth-order valence-electron chi connectivity index (χ4n) is 3.30. The van der Waals surface area contributed by atoms with Gasteiger partial charge in [0.05, 0.1) is 6.04 Å². The van der Waals surface area contributed by atoms with Crippen LogP contribution in [0.3, 0.4) is 0 Å². The lowest BCUT2D eigenvalue weighted by atomic mass is 9.98. The molecule has 1 amide bonds. The summed E-state index contributed by atoms with van der Waals surface area (Å²) in [5, 5.41) is 7.83. The molecule has 0 aliphatic carbocycles. The van der Waals surface area contributed by atoms with Crippen LogP contribution in [-0.4, -0.2) is 22.9 Å². The van der Waals surface area contributed by atoms with Crippen molar-refractivity contribution in [2.75, 3.05) is 0 Å². The molecule has 1 aliphatic heterocycles. The monoisotopic (exact) mass is 308 g/mol. The second-order valence-electron chi connectivity index (χ2n) is 6.29. The van der Waals surface area contributed by atoms with Crippen LogP contribution in [0.15, 0.2) is 16.8 Å². The average molecular weight is 308 g/mol. The average Bonchev–Trinajstić information content (AvgIpc) is 3.07. The molecule has 0 bridgehead atoms. The molecule has 1 fully saturated rings. The lowest BCUT2D eigenvalue weighted by molar-refractivity contribution is -0.133. The minimum absolute atomic E-state index is 0.0114. The molecule has 1 aliphatic rings. The first kappa shape index (κ1) is 16.5. The van der Waals surface area contributed by atoms with Gasteiger partial charge in [0.2, 0.25) is 5.91 Å². The molecule has 3 atom stereocenters. The lowest BCUT2D eigenvalue weighted by Gasteiger charge is -2.34. The Morgan fingerprint density at radius 1 is 1.38 bits per heavy atom. The van der Waals surface area contributed by atoms with Crippen molar-refractivity contribution in [1.82, 2.24) is 10.2 Å². The molecular formula is C17H28N2OS. The van der Waals surface area contributed by atoms with Crippen LogP contribution in [0.4, 0.5) is 0 Å². The third kappa shape index (κ3) is 3.49. The summed E-state index contributed by atoms with van der Waals surface area (Å²) < 4.78 is 0. The number of carbonyl (C=O) groups is 1. The summed E-state index contributed by atoms with van der Waals surface area (Å²) in [4.78, 5) is 15.0. The van der Waals surface area contributed by atoms with Gasteiger partial charge in [-0.05, 0) is 41.1 Å². The van der Waals surface area contributed by atoms with E-state index in [0.29, 0.717) is 17.9 Å². The molecule has 0 spiro atoms. The molecule has 0 aromatic carbocycles. The SMILES string of the molecule is CCCCC1NC(c2ccsc2)N(C(CC)C(C)C)C1=O. The zero-order valence-corrected chi connectivity index (χ0v) is 14.5.